The molecular formula is C78H80BN3O2. The maximum atomic E-state index is 7.46. The standard InChI is InChI=1S/C78H80BN3O2/c1-73(2,3)45-19-29-62-54(35-45)55-36-46(74(4,5)6)20-30-63(55)80(62)51-25-27-60-68(41-51)83-70-43-53(82-66-33-23-49(77(13,14)15)39-58(66)59-40-50(78(16,17)18)24-34-67(59)82)44-71-72(70)79(60)61-28-26-52(42-69(61)84-71)81-64-31-21-47(75(7,8)9)37-56(64)57-38-48(76(10,11)12)22-32-65(57)81/h19-44H,1-18H3. The highest BCUT2D eigenvalue weighted by Gasteiger charge is 2.42. The van der Waals surface area contributed by atoms with Crippen LogP contribution in [0.25, 0.3) is 82.5 Å². The Kier molecular flexibility index (Phi) is 11.4. The van der Waals surface area contributed by atoms with E-state index in [4.69, 9.17) is 9.47 Å². The minimum atomic E-state index is -0.162. The minimum Gasteiger partial charge on any atom is -0.458 e. The molecule has 0 atom stereocenters. The van der Waals surface area contributed by atoms with Crippen LogP contribution in [0.1, 0.15) is 158 Å². The van der Waals surface area contributed by atoms with Crippen molar-refractivity contribution in [3.8, 4) is 40.1 Å². The van der Waals surface area contributed by atoms with Gasteiger partial charge in [0.25, 0.3) is 6.71 Å². The lowest BCUT2D eigenvalue weighted by Crippen LogP contribution is -2.57. The Bertz CT molecular complexity index is 4340. The first-order valence-corrected chi connectivity index (χ1v) is 30.5. The largest absolute Gasteiger partial charge is 0.458 e. The first-order valence-electron chi connectivity index (χ1n) is 30.5. The van der Waals surface area contributed by atoms with E-state index in [1.165, 1.54) is 87.8 Å². The van der Waals surface area contributed by atoms with Gasteiger partial charge in [-0.1, -0.05) is 173 Å². The predicted octanol–water partition coefficient (Wildman–Crippen LogP) is 19.5. The van der Waals surface area contributed by atoms with Gasteiger partial charge in [0.1, 0.15) is 23.0 Å². The average molecular weight is 1100 g/mol. The Morgan fingerprint density at radius 3 is 0.714 bits per heavy atom. The molecule has 6 heteroatoms. The van der Waals surface area contributed by atoms with Crippen molar-refractivity contribution in [2.24, 2.45) is 0 Å². The Morgan fingerprint density at radius 2 is 0.476 bits per heavy atom. The summed E-state index contributed by atoms with van der Waals surface area (Å²) in [6, 6.07) is 60.8. The van der Waals surface area contributed by atoms with Gasteiger partial charge in [0.05, 0.1) is 38.8 Å². The number of fused-ring (bicyclic) bond motifs is 13. The van der Waals surface area contributed by atoms with Crippen LogP contribution in [0, 0.1) is 0 Å². The molecular weight excluding hydrogens is 1020 g/mol. The summed E-state index contributed by atoms with van der Waals surface area (Å²) in [7, 11) is 0. The molecule has 14 rings (SSSR count). The summed E-state index contributed by atoms with van der Waals surface area (Å²) >= 11 is 0. The van der Waals surface area contributed by atoms with Gasteiger partial charge in [-0.2, -0.15) is 0 Å². The van der Waals surface area contributed by atoms with Gasteiger partial charge in [0.2, 0.25) is 0 Å². The molecule has 0 N–H and O–H groups in total. The van der Waals surface area contributed by atoms with Crippen LogP contribution < -0.4 is 25.9 Å². The number of rotatable bonds is 3. The van der Waals surface area contributed by atoms with E-state index in [1.54, 1.807) is 0 Å². The van der Waals surface area contributed by atoms with Gasteiger partial charge in [0.15, 0.2) is 0 Å². The van der Waals surface area contributed by atoms with Gasteiger partial charge in [-0.15, -0.1) is 0 Å². The van der Waals surface area contributed by atoms with Crippen LogP contribution in [0.3, 0.4) is 0 Å². The van der Waals surface area contributed by atoms with Crippen LogP contribution in [0.5, 0.6) is 23.0 Å². The summed E-state index contributed by atoms with van der Waals surface area (Å²) in [5.41, 5.74) is 21.3. The summed E-state index contributed by atoms with van der Waals surface area (Å²) in [5.74, 6) is 3.29. The molecule has 5 nitrogen and oxygen atoms in total. The molecule has 2 aliphatic rings. The quantitative estimate of drug-likeness (QED) is 0.165. The van der Waals surface area contributed by atoms with E-state index in [2.05, 4.69) is 296 Å². The molecule has 2 aliphatic heterocycles. The van der Waals surface area contributed by atoms with Crippen LogP contribution in [0.4, 0.5) is 0 Å². The van der Waals surface area contributed by atoms with E-state index in [0.717, 1.165) is 67.5 Å². The molecule has 0 spiro atoms. The van der Waals surface area contributed by atoms with Gasteiger partial charge < -0.3 is 23.2 Å². The third kappa shape index (κ3) is 8.46. The van der Waals surface area contributed by atoms with Crippen molar-refractivity contribution in [3.05, 3.63) is 191 Å². The lowest BCUT2D eigenvalue weighted by atomic mass is 9.35. The Labute approximate surface area is 497 Å². The Balaban J connectivity index is 1.01. The predicted molar refractivity (Wildman–Crippen MR) is 359 cm³/mol. The van der Waals surface area contributed by atoms with Gasteiger partial charge in [0, 0.05) is 73.4 Å². The van der Waals surface area contributed by atoms with Crippen molar-refractivity contribution in [3.63, 3.8) is 0 Å². The zero-order valence-electron chi connectivity index (χ0n) is 52.7. The lowest BCUT2D eigenvalue weighted by molar-refractivity contribution is 0.464. The van der Waals surface area contributed by atoms with Crippen molar-refractivity contribution in [1.82, 2.24) is 13.7 Å². The molecule has 84 heavy (non-hydrogen) atoms. The number of hydrogen-bond acceptors (Lipinski definition) is 2. The molecule has 5 heterocycles. The minimum absolute atomic E-state index is 0.00447. The second-order valence-electron chi connectivity index (χ2n) is 30.8. The van der Waals surface area contributed by atoms with Crippen LogP contribution in [-0.2, 0) is 32.5 Å². The number of aromatic nitrogens is 3. The second-order valence-corrected chi connectivity index (χ2v) is 30.8. The van der Waals surface area contributed by atoms with Gasteiger partial charge in [-0.05, 0) is 162 Å². The molecule has 422 valence electrons. The van der Waals surface area contributed by atoms with Crippen LogP contribution in [0.15, 0.2) is 158 Å². The molecule has 0 amide bonds. The molecule has 3 aromatic heterocycles. The highest BCUT2D eigenvalue weighted by atomic mass is 16.5. The maximum Gasteiger partial charge on any atom is 0.260 e. The summed E-state index contributed by atoms with van der Waals surface area (Å²) < 4.78 is 22.2. The van der Waals surface area contributed by atoms with E-state index < -0.39 is 0 Å². The summed E-state index contributed by atoms with van der Waals surface area (Å²) in [4.78, 5) is 0. The third-order valence-electron chi connectivity index (χ3n) is 18.7. The molecule has 0 bridgehead atoms. The monoisotopic (exact) mass is 1100 g/mol. The molecule has 12 aromatic rings. The number of nitrogens with zero attached hydrogens (tertiary/aromatic N) is 3. The molecule has 0 saturated heterocycles. The van der Waals surface area contributed by atoms with Gasteiger partial charge in [-0.3, -0.25) is 0 Å². The fourth-order valence-electron chi connectivity index (χ4n) is 13.6. The average Bonchev–Trinajstić information content (AvgIpc) is 1.29. The maximum absolute atomic E-state index is 7.46. The Hall–Kier alpha value is -7.96. The summed E-state index contributed by atoms with van der Waals surface area (Å²) in [6.07, 6.45) is 0. The van der Waals surface area contributed by atoms with E-state index in [1.807, 2.05) is 0 Å². The molecule has 0 fully saturated rings. The molecule has 0 aliphatic carbocycles. The smallest absolute Gasteiger partial charge is 0.260 e. The fourth-order valence-corrected chi connectivity index (χ4v) is 13.6. The van der Waals surface area contributed by atoms with E-state index in [9.17, 15) is 0 Å². The van der Waals surface area contributed by atoms with E-state index in [0.29, 0.717) is 0 Å². The van der Waals surface area contributed by atoms with Crippen LogP contribution in [-0.4, -0.2) is 20.4 Å². The van der Waals surface area contributed by atoms with Crippen molar-refractivity contribution >= 4 is 88.5 Å². The zero-order valence-corrected chi connectivity index (χ0v) is 52.7. The highest BCUT2D eigenvalue weighted by molar-refractivity contribution is 6.98. The topological polar surface area (TPSA) is 33.2 Å². The summed E-state index contributed by atoms with van der Waals surface area (Å²) in [5, 5.41) is 7.53. The molecule has 0 saturated carbocycles. The van der Waals surface area contributed by atoms with Crippen molar-refractivity contribution in [2.75, 3.05) is 0 Å². The highest BCUT2D eigenvalue weighted by Crippen LogP contribution is 2.45. The second kappa shape index (κ2) is 17.8. The first-order chi connectivity index (χ1) is 39.4. The van der Waals surface area contributed by atoms with Crippen molar-refractivity contribution < 1.29 is 9.47 Å². The SMILES string of the molecule is CC(C)(C)c1ccc2c(c1)c1cc(C(C)(C)C)ccc1n2-c1ccc2c(c1)Oc1cc(-n3c4ccc(C(C)(C)C)cc4c4cc(C(C)(C)C)ccc43)cc3c1B2c1ccc(-n2c4ccc(C(C)(C)C)cc4c4cc(C(C)(C)C)ccc42)cc1O3. The molecule has 0 radical (unpaired) electrons. The summed E-state index contributed by atoms with van der Waals surface area (Å²) in [6.45, 7) is 41.3. The molecule has 0 unspecified atom stereocenters. The normalized spacial score (nSPS) is 14.0. The van der Waals surface area contributed by atoms with Crippen LogP contribution >= 0.6 is 0 Å². The van der Waals surface area contributed by atoms with E-state index >= 15 is 0 Å². The van der Waals surface area contributed by atoms with Crippen LogP contribution in [0.2, 0.25) is 0 Å². The number of benzene rings is 9. The van der Waals surface area contributed by atoms with Gasteiger partial charge >= 0.3 is 0 Å². The van der Waals surface area contributed by atoms with E-state index in [-0.39, 0.29) is 39.2 Å². The van der Waals surface area contributed by atoms with Crippen molar-refractivity contribution in [2.45, 2.75) is 157 Å². The first kappa shape index (κ1) is 54.0. The zero-order chi connectivity index (χ0) is 59.3. The Morgan fingerprint density at radius 1 is 0.250 bits per heavy atom. The van der Waals surface area contributed by atoms with Crippen molar-refractivity contribution in [1.29, 1.82) is 0 Å². The molecule has 9 aromatic carbocycles. The number of hydrogen-bond donors (Lipinski definition) is 0. The lowest BCUT2D eigenvalue weighted by Gasteiger charge is -2.34. The number of ether oxygens (including phenoxy) is 2. The fraction of sp³-hybridized carbons (Fsp3) is 0.308. The third-order valence-corrected chi connectivity index (χ3v) is 18.7. The van der Waals surface area contributed by atoms with Gasteiger partial charge in [-0.25, -0.2) is 0 Å².